The summed E-state index contributed by atoms with van der Waals surface area (Å²) in [6.07, 6.45) is 5.15. The first kappa shape index (κ1) is 16.3. The van der Waals surface area contributed by atoms with Crippen molar-refractivity contribution in [2.24, 2.45) is 5.92 Å². The van der Waals surface area contributed by atoms with Crippen molar-refractivity contribution in [2.45, 2.75) is 52.5 Å². The highest BCUT2D eigenvalue weighted by molar-refractivity contribution is 5.55. The van der Waals surface area contributed by atoms with Crippen LogP contribution < -0.4 is 10.2 Å². The predicted octanol–water partition coefficient (Wildman–Crippen LogP) is 4.51. The van der Waals surface area contributed by atoms with E-state index in [1.807, 2.05) is 6.07 Å². The Bertz CT molecular complexity index is 443. The van der Waals surface area contributed by atoms with E-state index >= 15 is 0 Å². The minimum atomic E-state index is -0.140. The van der Waals surface area contributed by atoms with Gasteiger partial charge in [-0.1, -0.05) is 13.3 Å². The van der Waals surface area contributed by atoms with Crippen LogP contribution in [0, 0.1) is 11.7 Å². The van der Waals surface area contributed by atoms with Crippen molar-refractivity contribution in [3.8, 4) is 0 Å². The zero-order valence-electron chi connectivity index (χ0n) is 13.7. The first-order valence-corrected chi connectivity index (χ1v) is 8.43. The Balaban J connectivity index is 2.18. The van der Waals surface area contributed by atoms with Crippen LogP contribution in [-0.2, 0) is 0 Å². The van der Waals surface area contributed by atoms with Gasteiger partial charge in [0.25, 0.3) is 0 Å². The molecule has 0 bridgehead atoms. The van der Waals surface area contributed by atoms with E-state index in [0.717, 1.165) is 37.5 Å². The smallest absolute Gasteiger partial charge is 0.123 e. The summed E-state index contributed by atoms with van der Waals surface area (Å²) in [4.78, 5) is 2.42. The summed E-state index contributed by atoms with van der Waals surface area (Å²) in [6.45, 7) is 9.53. The van der Waals surface area contributed by atoms with Crippen LogP contribution in [0.25, 0.3) is 0 Å². The molecule has 1 aliphatic rings. The van der Waals surface area contributed by atoms with Crippen LogP contribution in [0.4, 0.5) is 10.1 Å². The highest BCUT2D eigenvalue weighted by Gasteiger charge is 2.22. The molecule has 0 spiro atoms. The van der Waals surface area contributed by atoms with Crippen LogP contribution in [0.2, 0.25) is 0 Å². The van der Waals surface area contributed by atoms with Crippen LogP contribution in [0.15, 0.2) is 18.2 Å². The molecular formula is C18H29FN2. The summed E-state index contributed by atoms with van der Waals surface area (Å²) in [7, 11) is 0. The Hall–Kier alpha value is -1.09. The van der Waals surface area contributed by atoms with E-state index in [-0.39, 0.29) is 11.9 Å². The Labute approximate surface area is 128 Å². The van der Waals surface area contributed by atoms with Crippen LogP contribution in [-0.4, -0.2) is 19.6 Å². The Morgan fingerprint density at radius 1 is 1.33 bits per heavy atom. The van der Waals surface area contributed by atoms with Crippen molar-refractivity contribution in [1.82, 2.24) is 5.32 Å². The number of halogens is 1. The molecule has 2 rings (SSSR count). The van der Waals surface area contributed by atoms with E-state index in [4.69, 9.17) is 0 Å². The number of nitrogens with one attached hydrogen (secondary N) is 1. The quantitative estimate of drug-likeness (QED) is 0.758. The average Bonchev–Trinajstić information content (AvgIpc) is 2.44. The summed E-state index contributed by atoms with van der Waals surface area (Å²) in [6, 6.07) is 5.43. The molecule has 2 nitrogen and oxygen atoms in total. The molecule has 0 saturated heterocycles. The lowest BCUT2D eigenvalue weighted by atomic mass is 9.85. The fraction of sp³-hybridized carbons (Fsp3) is 0.667. The molecule has 1 fully saturated rings. The molecule has 118 valence electrons. The molecule has 21 heavy (non-hydrogen) atoms. The number of benzene rings is 1. The van der Waals surface area contributed by atoms with Gasteiger partial charge in [0.2, 0.25) is 0 Å². The van der Waals surface area contributed by atoms with Crippen molar-refractivity contribution in [3.05, 3.63) is 29.6 Å². The van der Waals surface area contributed by atoms with Crippen molar-refractivity contribution in [3.63, 3.8) is 0 Å². The third-order valence-corrected chi connectivity index (χ3v) is 4.58. The monoisotopic (exact) mass is 292 g/mol. The van der Waals surface area contributed by atoms with E-state index in [2.05, 4.69) is 31.0 Å². The molecule has 1 aromatic carbocycles. The fourth-order valence-electron chi connectivity index (χ4n) is 3.02. The zero-order valence-corrected chi connectivity index (χ0v) is 13.7. The summed E-state index contributed by atoms with van der Waals surface area (Å²) in [5, 5.41) is 3.48. The molecule has 3 heteroatoms. The minimum Gasteiger partial charge on any atom is -0.371 e. The van der Waals surface area contributed by atoms with Gasteiger partial charge in [0, 0.05) is 24.8 Å². The first-order valence-electron chi connectivity index (χ1n) is 8.43. The Morgan fingerprint density at radius 3 is 2.67 bits per heavy atom. The molecule has 0 radical (unpaired) electrons. The molecular weight excluding hydrogens is 263 g/mol. The maximum Gasteiger partial charge on any atom is 0.123 e. The van der Waals surface area contributed by atoms with E-state index in [1.165, 1.54) is 24.9 Å². The molecule has 0 heterocycles. The van der Waals surface area contributed by atoms with Gasteiger partial charge in [0.15, 0.2) is 0 Å². The minimum absolute atomic E-state index is 0.140. The number of anilines is 1. The SMILES string of the molecule is CCCNC(C)c1cc(F)ccc1N(CC)CC1CCC1. The summed E-state index contributed by atoms with van der Waals surface area (Å²) in [5.41, 5.74) is 2.28. The molecule has 1 aromatic rings. The molecule has 0 amide bonds. The topological polar surface area (TPSA) is 15.3 Å². The molecule has 1 aliphatic carbocycles. The van der Waals surface area contributed by atoms with Crippen molar-refractivity contribution in [1.29, 1.82) is 0 Å². The molecule has 0 aromatic heterocycles. The van der Waals surface area contributed by atoms with Gasteiger partial charge in [-0.3, -0.25) is 0 Å². The van der Waals surface area contributed by atoms with Gasteiger partial charge in [0.05, 0.1) is 0 Å². The molecule has 1 atom stereocenters. The lowest BCUT2D eigenvalue weighted by molar-refractivity contribution is 0.318. The summed E-state index contributed by atoms with van der Waals surface area (Å²) < 4.78 is 13.7. The summed E-state index contributed by atoms with van der Waals surface area (Å²) >= 11 is 0. The van der Waals surface area contributed by atoms with Gasteiger partial charge in [-0.25, -0.2) is 4.39 Å². The maximum atomic E-state index is 13.7. The normalized spacial score (nSPS) is 16.6. The second kappa shape index (κ2) is 7.79. The van der Waals surface area contributed by atoms with E-state index < -0.39 is 0 Å². The van der Waals surface area contributed by atoms with E-state index in [9.17, 15) is 4.39 Å². The number of nitrogens with zero attached hydrogens (tertiary/aromatic N) is 1. The van der Waals surface area contributed by atoms with Gasteiger partial charge < -0.3 is 10.2 Å². The van der Waals surface area contributed by atoms with Gasteiger partial charge in [-0.15, -0.1) is 0 Å². The maximum absolute atomic E-state index is 13.7. The number of hydrogen-bond acceptors (Lipinski definition) is 2. The van der Waals surface area contributed by atoms with Crippen LogP contribution in [0.5, 0.6) is 0 Å². The van der Waals surface area contributed by atoms with Crippen molar-refractivity contribution < 1.29 is 4.39 Å². The van der Waals surface area contributed by atoms with Crippen molar-refractivity contribution >= 4 is 5.69 Å². The third-order valence-electron chi connectivity index (χ3n) is 4.58. The Morgan fingerprint density at radius 2 is 2.10 bits per heavy atom. The lowest BCUT2D eigenvalue weighted by Gasteiger charge is -2.35. The predicted molar refractivity (Wildman–Crippen MR) is 88.3 cm³/mol. The van der Waals surface area contributed by atoms with Gasteiger partial charge in [0.1, 0.15) is 5.82 Å². The number of hydrogen-bond donors (Lipinski definition) is 1. The Kier molecular flexibility index (Phi) is 6.04. The van der Waals surface area contributed by atoms with Crippen molar-refractivity contribution in [2.75, 3.05) is 24.5 Å². The largest absolute Gasteiger partial charge is 0.371 e. The van der Waals surface area contributed by atoms with E-state index in [1.54, 1.807) is 12.1 Å². The van der Waals surface area contributed by atoms with Crippen LogP contribution >= 0.6 is 0 Å². The van der Waals surface area contributed by atoms with Crippen LogP contribution in [0.3, 0.4) is 0 Å². The lowest BCUT2D eigenvalue weighted by Crippen LogP contribution is -2.34. The molecule has 1 N–H and O–H groups in total. The average molecular weight is 292 g/mol. The molecule has 1 unspecified atom stereocenters. The zero-order chi connectivity index (χ0) is 15.2. The van der Waals surface area contributed by atoms with E-state index in [0.29, 0.717) is 0 Å². The molecule has 1 saturated carbocycles. The second-order valence-corrected chi connectivity index (χ2v) is 6.21. The van der Waals surface area contributed by atoms with Crippen LogP contribution in [0.1, 0.15) is 58.1 Å². The highest BCUT2D eigenvalue weighted by atomic mass is 19.1. The number of rotatable bonds is 8. The van der Waals surface area contributed by atoms with Gasteiger partial charge in [-0.05, 0) is 69.3 Å². The molecule has 0 aliphatic heterocycles. The summed E-state index contributed by atoms with van der Waals surface area (Å²) in [5.74, 6) is 0.681. The second-order valence-electron chi connectivity index (χ2n) is 6.21. The highest BCUT2D eigenvalue weighted by Crippen LogP contribution is 2.32. The fourth-order valence-corrected chi connectivity index (χ4v) is 3.02. The first-order chi connectivity index (χ1) is 10.2. The van der Waals surface area contributed by atoms with Gasteiger partial charge >= 0.3 is 0 Å². The standard InChI is InChI=1S/C18H29FN2/c1-4-11-20-14(3)17-12-16(19)9-10-18(17)21(5-2)13-15-7-6-8-15/h9-10,12,14-15,20H,4-8,11,13H2,1-3H3. The third kappa shape index (κ3) is 4.19. The van der Waals surface area contributed by atoms with Gasteiger partial charge in [-0.2, -0.15) is 0 Å².